The van der Waals surface area contributed by atoms with Crippen LogP contribution >= 0.6 is 0 Å². The Morgan fingerprint density at radius 2 is 2.33 bits per heavy atom. The predicted molar refractivity (Wildman–Crippen MR) is 38.7 cm³/mol. The van der Waals surface area contributed by atoms with Crippen molar-refractivity contribution in [2.45, 2.75) is 0 Å². The van der Waals surface area contributed by atoms with E-state index in [0.717, 1.165) is 29.9 Å². The van der Waals surface area contributed by atoms with E-state index in [1.165, 1.54) is 0 Å². The van der Waals surface area contributed by atoms with Gasteiger partial charge in [0, 0.05) is 0 Å². The van der Waals surface area contributed by atoms with Crippen LogP contribution in [0.2, 0.25) is 0 Å². The van der Waals surface area contributed by atoms with Gasteiger partial charge in [0.2, 0.25) is 0 Å². The van der Waals surface area contributed by atoms with Gasteiger partial charge >= 0.3 is 71.4 Å². The number of amides is 1. The fourth-order valence-electron chi connectivity index (χ4n) is 0.389. The first-order valence-electron chi connectivity index (χ1n) is 2.80. The molecule has 0 rings (SSSR count). The molecule has 4 heteroatoms. The minimum atomic E-state index is 0.0955. The van der Waals surface area contributed by atoms with Gasteiger partial charge in [-0.3, -0.25) is 0 Å². The Bertz CT molecular complexity index is 97.0. The Morgan fingerprint density at radius 1 is 1.78 bits per heavy atom. The second kappa shape index (κ2) is 5.16. The molecular weight excluding hydrogens is 311 g/mol. The van der Waals surface area contributed by atoms with Crippen molar-refractivity contribution < 1.29 is 4.79 Å². The van der Waals surface area contributed by atoms with Gasteiger partial charge in [-0.05, 0) is 0 Å². The van der Waals surface area contributed by atoms with Gasteiger partial charge in [0.1, 0.15) is 0 Å². The molecule has 0 saturated carbocycles. The van der Waals surface area contributed by atoms with Gasteiger partial charge in [-0.1, -0.05) is 0 Å². The second-order valence-corrected chi connectivity index (χ2v) is 3.29. The summed E-state index contributed by atoms with van der Waals surface area (Å²) >= 11 is 0.949. The molecule has 1 amide bonds. The van der Waals surface area contributed by atoms with E-state index >= 15 is 0 Å². The van der Waals surface area contributed by atoms with Crippen molar-refractivity contribution in [2.24, 2.45) is 0 Å². The van der Waals surface area contributed by atoms with Gasteiger partial charge in [0.25, 0.3) is 0 Å². The SMILES string of the molecule is CNC(=O)CN(C)[CH2][PbH]. The van der Waals surface area contributed by atoms with Gasteiger partial charge in [-0.15, -0.1) is 0 Å². The summed E-state index contributed by atoms with van der Waals surface area (Å²) < 4.78 is 1.08. The molecule has 0 atom stereocenters. The van der Waals surface area contributed by atoms with E-state index in [0.29, 0.717) is 6.54 Å². The molecule has 0 bridgehead atoms. The van der Waals surface area contributed by atoms with Crippen LogP contribution in [0.3, 0.4) is 0 Å². The number of likely N-dealkylation sites (N-methyl/N-ethyl adjacent to an activating group) is 2. The van der Waals surface area contributed by atoms with Crippen molar-refractivity contribution in [3.05, 3.63) is 0 Å². The Hall–Kier alpha value is 0.352. The monoisotopic (exact) mass is 324 g/mol. The van der Waals surface area contributed by atoms with Gasteiger partial charge in [-0.25, -0.2) is 0 Å². The van der Waals surface area contributed by atoms with Crippen molar-refractivity contribution in [3.63, 3.8) is 0 Å². The summed E-state index contributed by atoms with van der Waals surface area (Å²) in [5, 5.41) is 2.57. The van der Waals surface area contributed by atoms with E-state index in [1.807, 2.05) is 11.9 Å². The van der Waals surface area contributed by atoms with E-state index in [2.05, 4.69) is 5.32 Å². The van der Waals surface area contributed by atoms with Crippen molar-refractivity contribution in [1.82, 2.24) is 10.2 Å². The van der Waals surface area contributed by atoms with Crippen LogP contribution in [0.25, 0.3) is 0 Å². The molecule has 0 heterocycles. The summed E-state index contributed by atoms with van der Waals surface area (Å²) in [6, 6.07) is 0. The van der Waals surface area contributed by atoms with Gasteiger partial charge < -0.3 is 0 Å². The zero-order valence-corrected chi connectivity index (χ0v) is 10.3. The molecular formula is C5H12N2OPb. The Balaban J connectivity index is 3.34. The normalized spacial score (nSPS) is 9.78. The molecule has 0 aliphatic carbocycles. The van der Waals surface area contributed by atoms with Crippen molar-refractivity contribution in [1.29, 1.82) is 0 Å². The van der Waals surface area contributed by atoms with Gasteiger partial charge in [-0.2, -0.15) is 0 Å². The van der Waals surface area contributed by atoms with E-state index in [4.69, 9.17) is 0 Å². The van der Waals surface area contributed by atoms with Crippen molar-refractivity contribution in [3.8, 4) is 0 Å². The molecule has 0 aromatic carbocycles. The van der Waals surface area contributed by atoms with Crippen LogP contribution in [-0.4, -0.2) is 61.3 Å². The third-order valence-electron chi connectivity index (χ3n) is 1.00. The topological polar surface area (TPSA) is 32.3 Å². The molecule has 0 unspecified atom stereocenters. The predicted octanol–water partition coefficient (Wildman–Crippen LogP) is -1.48. The first-order valence-corrected chi connectivity index (χ1v) is 5.97. The number of hydrogen-bond donors (Lipinski definition) is 1. The first-order chi connectivity index (χ1) is 4.20. The number of nitrogens with zero attached hydrogens (tertiary/aromatic N) is 1. The minimum absolute atomic E-state index is 0.0955. The fourth-order valence-corrected chi connectivity index (χ4v) is 0.891. The fraction of sp³-hybridized carbons (Fsp3) is 0.800. The maximum atomic E-state index is 10.6. The third kappa shape index (κ3) is 4.83. The van der Waals surface area contributed by atoms with Crippen LogP contribution in [-0.2, 0) is 4.79 Å². The van der Waals surface area contributed by atoms with Gasteiger partial charge in [0.05, 0.1) is 0 Å². The quantitative estimate of drug-likeness (QED) is 0.643. The first kappa shape index (κ1) is 9.35. The summed E-state index contributed by atoms with van der Waals surface area (Å²) in [4.78, 5) is 12.7. The summed E-state index contributed by atoms with van der Waals surface area (Å²) in [6.45, 7) is 0.535. The zero-order chi connectivity index (χ0) is 7.28. The molecule has 0 saturated heterocycles. The number of hydrogen-bond acceptors (Lipinski definition) is 2. The number of carbonyl (C=O) groups is 1. The standard InChI is InChI=1S/C5H11N2O.Pb.H/c1-6-5(8)4-7(2)3;;/h2,4H2,1,3H3,(H,6,8);;. The summed E-state index contributed by atoms with van der Waals surface area (Å²) in [5.74, 6) is 0.0955. The molecule has 0 fully saturated rings. The Labute approximate surface area is 71.5 Å². The third-order valence-corrected chi connectivity index (χ3v) is 3.43. The van der Waals surface area contributed by atoms with Crippen LogP contribution in [0.15, 0.2) is 0 Å². The van der Waals surface area contributed by atoms with E-state index in [9.17, 15) is 4.79 Å². The number of rotatable bonds is 3. The summed E-state index contributed by atoms with van der Waals surface area (Å²) in [7, 11) is 3.61. The van der Waals surface area contributed by atoms with Gasteiger partial charge in [0.15, 0.2) is 0 Å². The van der Waals surface area contributed by atoms with Crippen molar-refractivity contribution >= 4 is 31.7 Å². The molecule has 9 heavy (non-hydrogen) atoms. The zero-order valence-electron chi connectivity index (χ0n) is 5.85. The number of carbonyl (C=O) groups excluding carboxylic acids is 1. The molecule has 3 nitrogen and oxygen atoms in total. The number of nitrogens with one attached hydrogen (secondary N) is 1. The molecule has 52 valence electrons. The Kier molecular flexibility index (Phi) is 5.36. The average molecular weight is 323 g/mol. The van der Waals surface area contributed by atoms with E-state index < -0.39 is 0 Å². The molecule has 0 spiro atoms. The molecule has 1 N–H and O–H groups in total. The molecule has 2 radical (unpaired) electrons. The second-order valence-electron chi connectivity index (χ2n) is 1.87. The van der Waals surface area contributed by atoms with Crippen LogP contribution < -0.4 is 5.32 Å². The van der Waals surface area contributed by atoms with E-state index in [1.54, 1.807) is 7.05 Å². The van der Waals surface area contributed by atoms with Crippen LogP contribution in [0, 0.1) is 0 Å². The molecule has 0 aliphatic heterocycles. The van der Waals surface area contributed by atoms with Crippen molar-refractivity contribution in [2.75, 3.05) is 24.7 Å². The summed E-state index contributed by atoms with van der Waals surface area (Å²) in [5.41, 5.74) is 0. The molecule has 0 aromatic heterocycles. The van der Waals surface area contributed by atoms with Crippen LogP contribution in [0.1, 0.15) is 0 Å². The average Bonchev–Trinajstić information content (AvgIpc) is 1.87. The molecule has 0 aliphatic rings. The van der Waals surface area contributed by atoms with Crippen LogP contribution in [0.5, 0.6) is 0 Å². The van der Waals surface area contributed by atoms with E-state index in [-0.39, 0.29) is 5.91 Å². The van der Waals surface area contributed by atoms with Crippen LogP contribution in [0.4, 0.5) is 0 Å². The Morgan fingerprint density at radius 3 is 2.67 bits per heavy atom. The summed E-state index contributed by atoms with van der Waals surface area (Å²) in [6.07, 6.45) is 0. The maximum absolute atomic E-state index is 10.6. The molecule has 0 aromatic rings.